The topological polar surface area (TPSA) is 37.8 Å². The van der Waals surface area contributed by atoms with Crippen LogP contribution in [0.15, 0.2) is 59.7 Å². The van der Waals surface area contributed by atoms with Crippen molar-refractivity contribution in [1.82, 2.24) is 9.55 Å². The predicted molar refractivity (Wildman–Crippen MR) is 63.9 cm³/mol. The number of rotatable bonds is 1. The van der Waals surface area contributed by atoms with E-state index >= 15 is 0 Å². The maximum absolute atomic E-state index is 11.6. The fraction of sp³-hybridized carbons (Fsp3) is 0. The van der Waals surface area contributed by atoms with Crippen molar-refractivity contribution < 1.29 is 0 Å². The van der Waals surface area contributed by atoms with Crippen LogP contribution in [0.3, 0.4) is 0 Å². The molecule has 3 heteroatoms. The highest BCUT2D eigenvalue weighted by Crippen LogP contribution is 2.20. The molecule has 0 radical (unpaired) electrons. The molecule has 0 unspecified atom stereocenters. The first kappa shape index (κ1) is 8.97. The highest BCUT2D eigenvalue weighted by Gasteiger charge is 2.03. The van der Waals surface area contributed by atoms with Crippen LogP contribution in [0.4, 0.5) is 0 Å². The van der Waals surface area contributed by atoms with Gasteiger partial charge in [-0.05, 0) is 11.5 Å². The third kappa shape index (κ3) is 1.26. The van der Waals surface area contributed by atoms with Gasteiger partial charge in [0.1, 0.15) is 0 Å². The number of H-pyrrole nitrogens is 1. The molecule has 3 rings (SSSR count). The average Bonchev–Trinajstić information content (AvgIpc) is 2.75. The fourth-order valence-electron chi connectivity index (χ4n) is 1.93. The molecule has 3 aromatic rings. The van der Waals surface area contributed by atoms with Crippen molar-refractivity contribution in [2.24, 2.45) is 0 Å². The number of aromatic amines is 1. The fourth-order valence-corrected chi connectivity index (χ4v) is 1.93. The molecule has 0 saturated carbocycles. The van der Waals surface area contributed by atoms with Gasteiger partial charge in [0, 0.05) is 17.8 Å². The minimum atomic E-state index is -0.114. The zero-order chi connectivity index (χ0) is 11.0. The van der Waals surface area contributed by atoms with Crippen molar-refractivity contribution in [2.75, 3.05) is 0 Å². The SMILES string of the molecule is O=c1[nH]ccn1-c1cccc2ccccc12. The van der Waals surface area contributed by atoms with E-state index in [0.717, 1.165) is 16.5 Å². The molecule has 16 heavy (non-hydrogen) atoms. The molecule has 78 valence electrons. The molecule has 0 bridgehead atoms. The second-order valence-corrected chi connectivity index (χ2v) is 3.63. The maximum Gasteiger partial charge on any atom is 0.330 e. The minimum absolute atomic E-state index is 0.114. The molecular formula is C13H10N2O. The number of nitrogens with zero attached hydrogens (tertiary/aromatic N) is 1. The van der Waals surface area contributed by atoms with Gasteiger partial charge in [-0.15, -0.1) is 0 Å². The quantitative estimate of drug-likeness (QED) is 0.657. The van der Waals surface area contributed by atoms with Crippen LogP contribution in [0.1, 0.15) is 0 Å². The summed E-state index contributed by atoms with van der Waals surface area (Å²) >= 11 is 0. The molecule has 3 nitrogen and oxygen atoms in total. The second kappa shape index (κ2) is 3.38. The molecule has 0 fully saturated rings. The zero-order valence-electron chi connectivity index (χ0n) is 8.55. The molecule has 0 aliphatic rings. The molecule has 1 heterocycles. The Labute approximate surface area is 92.0 Å². The molecule has 2 aromatic carbocycles. The van der Waals surface area contributed by atoms with E-state index in [9.17, 15) is 4.79 Å². The summed E-state index contributed by atoms with van der Waals surface area (Å²) in [7, 11) is 0. The normalized spacial score (nSPS) is 10.8. The number of hydrogen-bond acceptors (Lipinski definition) is 1. The van der Waals surface area contributed by atoms with Crippen molar-refractivity contribution in [3.05, 3.63) is 65.3 Å². The lowest BCUT2D eigenvalue weighted by molar-refractivity contribution is 0.996. The van der Waals surface area contributed by atoms with Crippen molar-refractivity contribution in [2.45, 2.75) is 0 Å². The van der Waals surface area contributed by atoms with Crippen LogP contribution >= 0.6 is 0 Å². The van der Waals surface area contributed by atoms with E-state index in [1.807, 2.05) is 42.5 Å². The molecule has 0 saturated heterocycles. The Bertz CT molecular complexity index is 689. The van der Waals surface area contributed by atoms with Gasteiger partial charge in [0.05, 0.1) is 5.69 Å². The van der Waals surface area contributed by atoms with Gasteiger partial charge in [0.25, 0.3) is 0 Å². The standard InChI is InChI=1S/C13H10N2O/c16-13-14-8-9-15(13)12-7-3-5-10-4-1-2-6-11(10)12/h1-9H,(H,14,16). The van der Waals surface area contributed by atoms with E-state index in [4.69, 9.17) is 0 Å². The molecular weight excluding hydrogens is 200 g/mol. The van der Waals surface area contributed by atoms with Gasteiger partial charge < -0.3 is 4.98 Å². The molecule has 0 aliphatic heterocycles. The predicted octanol–water partition coefficient (Wildman–Crippen LogP) is 2.32. The highest BCUT2D eigenvalue weighted by molar-refractivity contribution is 5.90. The minimum Gasteiger partial charge on any atom is -0.312 e. The first-order chi connectivity index (χ1) is 7.86. The van der Waals surface area contributed by atoms with Crippen LogP contribution < -0.4 is 5.69 Å². The van der Waals surface area contributed by atoms with Gasteiger partial charge in [-0.25, -0.2) is 4.79 Å². The van der Waals surface area contributed by atoms with E-state index in [1.54, 1.807) is 17.0 Å². The Kier molecular flexibility index (Phi) is 1.90. The summed E-state index contributed by atoms with van der Waals surface area (Å²) in [6.07, 6.45) is 3.38. The van der Waals surface area contributed by atoms with Gasteiger partial charge in [0.15, 0.2) is 0 Å². The first-order valence-electron chi connectivity index (χ1n) is 5.10. The lowest BCUT2D eigenvalue weighted by Gasteiger charge is -2.05. The lowest BCUT2D eigenvalue weighted by Crippen LogP contribution is -2.14. The molecule has 0 aliphatic carbocycles. The summed E-state index contributed by atoms with van der Waals surface area (Å²) < 4.78 is 1.61. The lowest BCUT2D eigenvalue weighted by atomic mass is 10.1. The van der Waals surface area contributed by atoms with Crippen molar-refractivity contribution in [1.29, 1.82) is 0 Å². The average molecular weight is 210 g/mol. The summed E-state index contributed by atoms with van der Waals surface area (Å²) in [5.74, 6) is 0. The Morgan fingerprint density at radius 3 is 2.62 bits per heavy atom. The Morgan fingerprint density at radius 2 is 1.81 bits per heavy atom. The van der Waals surface area contributed by atoms with Crippen LogP contribution in [0.25, 0.3) is 16.5 Å². The number of benzene rings is 2. The summed E-state index contributed by atoms with van der Waals surface area (Å²) in [6, 6.07) is 14.0. The molecule has 1 aromatic heterocycles. The summed E-state index contributed by atoms with van der Waals surface area (Å²) in [4.78, 5) is 14.2. The van der Waals surface area contributed by atoms with Gasteiger partial charge in [-0.3, -0.25) is 4.57 Å². The third-order valence-corrected chi connectivity index (χ3v) is 2.68. The number of aromatic nitrogens is 2. The molecule has 0 atom stereocenters. The van der Waals surface area contributed by atoms with Gasteiger partial charge >= 0.3 is 5.69 Å². The van der Waals surface area contributed by atoms with Gasteiger partial charge in [-0.2, -0.15) is 0 Å². The highest BCUT2D eigenvalue weighted by atomic mass is 16.1. The molecule has 0 spiro atoms. The van der Waals surface area contributed by atoms with Crippen LogP contribution in [0.5, 0.6) is 0 Å². The summed E-state index contributed by atoms with van der Waals surface area (Å²) in [5, 5.41) is 2.21. The number of nitrogens with one attached hydrogen (secondary N) is 1. The van der Waals surface area contributed by atoms with E-state index in [0.29, 0.717) is 0 Å². The third-order valence-electron chi connectivity index (χ3n) is 2.68. The molecule has 1 N–H and O–H groups in total. The monoisotopic (exact) mass is 210 g/mol. The van der Waals surface area contributed by atoms with Crippen molar-refractivity contribution in [3.8, 4) is 5.69 Å². The van der Waals surface area contributed by atoms with Gasteiger partial charge in [-0.1, -0.05) is 36.4 Å². The zero-order valence-corrected chi connectivity index (χ0v) is 8.55. The Morgan fingerprint density at radius 1 is 1.00 bits per heavy atom. The van der Waals surface area contributed by atoms with Crippen LogP contribution in [0, 0.1) is 0 Å². The van der Waals surface area contributed by atoms with Crippen LogP contribution in [-0.2, 0) is 0 Å². The maximum atomic E-state index is 11.6. The first-order valence-corrected chi connectivity index (χ1v) is 5.10. The van der Waals surface area contributed by atoms with E-state index in [1.165, 1.54) is 0 Å². The largest absolute Gasteiger partial charge is 0.330 e. The van der Waals surface area contributed by atoms with E-state index in [-0.39, 0.29) is 5.69 Å². The second-order valence-electron chi connectivity index (χ2n) is 3.63. The van der Waals surface area contributed by atoms with Gasteiger partial charge in [0.2, 0.25) is 0 Å². The van der Waals surface area contributed by atoms with Crippen molar-refractivity contribution in [3.63, 3.8) is 0 Å². The molecule has 0 amide bonds. The van der Waals surface area contributed by atoms with E-state index < -0.39 is 0 Å². The van der Waals surface area contributed by atoms with Crippen molar-refractivity contribution >= 4 is 10.8 Å². The smallest absolute Gasteiger partial charge is 0.312 e. The summed E-state index contributed by atoms with van der Waals surface area (Å²) in [5.41, 5.74) is 0.792. The van der Waals surface area contributed by atoms with Crippen LogP contribution in [0.2, 0.25) is 0 Å². The van der Waals surface area contributed by atoms with Crippen LogP contribution in [-0.4, -0.2) is 9.55 Å². The number of fused-ring (bicyclic) bond motifs is 1. The summed E-state index contributed by atoms with van der Waals surface area (Å²) in [6.45, 7) is 0. The Hall–Kier alpha value is -2.29. The number of imidazole rings is 1. The number of hydrogen-bond donors (Lipinski definition) is 1. The van der Waals surface area contributed by atoms with E-state index in [2.05, 4.69) is 4.98 Å². The Balaban J connectivity index is 2.41.